The average molecular weight is 423 g/mol. The monoisotopic (exact) mass is 422 g/mol. The molecular formula is C23H38N2O5. The Bertz CT molecular complexity index is 622. The summed E-state index contributed by atoms with van der Waals surface area (Å²) in [6.07, 6.45) is 15.0. The van der Waals surface area contributed by atoms with Crippen LogP contribution < -0.4 is 10.1 Å². The second-order valence-electron chi connectivity index (χ2n) is 7.48. The quantitative estimate of drug-likeness (QED) is 0.328. The van der Waals surface area contributed by atoms with Gasteiger partial charge in [0.05, 0.1) is 12.7 Å². The van der Waals surface area contributed by atoms with Crippen molar-refractivity contribution >= 4 is 11.9 Å². The van der Waals surface area contributed by atoms with Gasteiger partial charge in [-0.3, -0.25) is 4.79 Å². The minimum atomic E-state index is -1.20. The highest BCUT2D eigenvalue weighted by atomic mass is 16.5. The SMILES string of the molecule is CCCCCCCCCCCCOCCCNC(=O)c1cnc(C(=O)O)c(OC)c1. The second kappa shape index (κ2) is 16.6. The van der Waals surface area contributed by atoms with E-state index in [-0.39, 0.29) is 22.9 Å². The van der Waals surface area contributed by atoms with E-state index in [1.807, 2.05) is 0 Å². The number of amides is 1. The van der Waals surface area contributed by atoms with E-state index in [1.165, 1.54) is 77.2 Å². The molecule has 0 bridgehead atoms. The Morgan fingerprint density at radius 1 is 0.967 bits per heavy atom. The largest absolute Gasteiger partial charge is 0.494 e. The van der Waals surface area contributed by atoms with Crippen LogP contribution in [0.15, 0.2) is 12.3 Å². The molecule has 1 heterocycles. The van der Waals surface area contributed by atoms with Crippen molar-refractivity contribution in [1.29, 1.82) is 0 Å². The number of unbranched alkanes of at least 4 members (excludes halogenated alkanes) is 9. The van der Waals surface area contributed by atoms with E-state index in [0.717, 1.165) is 19.4 Å². The van der Waals surface area contributed by atoms with Gasteiger partial charge in [0.25, 0.3) is 5.91 Å². The molecule has 0 radical (unpaired) electrons. The Labute approximate surface area is 180 Å². The highest BCUT2D eigenvalue weighted by Crippen LogP contribution is 2.17. The van der Waals surface area contributed by atoms with E-state index in [0.29, 0.717) is 13.2 Å². The Balaban J connectivity index is 2.01. The molecule has 1 rings (SSSR count). The number of aromatic nitrogens is 1. The summed E-state index contributed by atoms with van der Waals surface area (Å²) in [5, 5.41) is 11.8. The molecule has 7 nitrogen and oxygen atoms in total. The summed E-state index contributed by atoms with van der Waals surface area (Å²) in [6.45, 7) is 4.11. The van der Waals surface area contributed by atoms with Crippen LogP contribution in [0.4, 0.5) is 0 Å². The number of nitrogens with one attached hydrogen (secondary N) is 1. The van der Waals surface area contributed by atoms with Crippen molar-refractivity contribution in [3.63, 3.8) is 0 Å². The maximum Gasteiger partial charge on any atom is 0.358 e. The number of carboxylic acids is 1. The minimum absolute atomic E-state index is 0.0648. The number of ether oxygens (including phenoxy) is 2. The normalized spacial score (nSPS) is 10.7. The molecule has 0 fully saturated rings. The fourth-order valence-electron chi connectivity index (χ4n) is 3.16. The number of pyridine rings is 1. The predicted molar refractivity (Wildman–Crippen MR) is 117 cm³/mol. The van der Waals surface area contributed by atoms with E-state index in [4.69, 9.17) is 14.6 Å². The minimum Gasteiger partial charge on any atom is -0.494 e. The number of hydrogen-bond acceptors (Lipinski definition) is 5. The van der Waals surface area contributed by atoms with Crippen molar-refractivity contribution in [2.24, 2.45) is 0 Å². The zero-order chi connectivity index (χ0) is 22.0. The zero-order valence-electron chi connectivity index (χ0n) is 18.6. The summed E-state index contributed by atoms with van der Waals surface area (Å²) in [7, 11) is 1.34. The molecule has 0 aliphatic heterocycles. The van der Waals surface area contributed by atoms with Crippen LogP contribution in [0.1, 0.15) is 98.4 Å². The van der Waals surface area contributed by atoms with Gasteiger partial charge >= 0.3 is 5.97 Å². The summed E-state index contributed by atoms with van der Waals surface area (Å²) < 4.78 is 10.6. The van der Waals surface area contributed by atoms with Crippen LogP contribution in [0.25, 0.3) is 0 Å². The molecule has 0 spiro atoms. The Hall–Kier alpha value is -2.15. The van der Waals surface area contributed by atoms with Gasteiger partial charge in [-0.25, -0.2) is 9.78 Å². The molecule has 0 unspecified atom stereocenters. The molecule has 2 N–H and O–H groups in total. The van der Waals surface area contributed by atoms with E-state index in [2.05, 4.69) is 17.2 Å². The van der Waals surface area contributed by atoms with E-state index >= 15 is 0 Å². The Kier molecular flexibility index (Phi) is 14.3. The molecule has 0 atom stereocenters. The van der Waals surface area contributed by atoms with Gasteiger partial charge in [0, 0.05) is 26.0 Å². The molecule has 0 aromatic carbocycles. The first-order valence-corrected chi connectivity index (χ1v) is 11.2. The highest BCUT2D eigenvalue weighted by molar-refractivity contribution is 5.96. The van der Waals surface area contributed by atoms with Crippen LogP contribution >= 0.6 is 0 Å². The Morgan fingerprint density at radius 3 is 2.17 bits per heavy atom. The average Bonchev–Trinajstić information content (AvgIpc) is 2.75. The smallest absolute Gasteiger partial charge is 0.358 e. The van der Waals surface area contributed by atoms with E-state index in [9.17, 15) is 9.59 Å². The molecule has 0 saturated carbocycles. The number of carboxylic acid groups (broad SMARTS) is 1. The molecule has 1 aromatic heterocycles. The maximum atomic E-state index is 12.1. The van der Waals surface area contributed by atoms with Gasteiger partial charge in [0.15, 0.2) is 11.4 Å². The van der Waals surface area contributed by atoms with Crippen molar-refractivity contribution in [3.05, 3.63) is 23.5 Å². The van der Waals surface area contributed by atoms with Crippen LogP contribution in [-0.4, -0.2) is 48.8 Å². The van der Waals surface area contributed by atoms with Crippen LogP contribution in [0.5, 0.6) is 5.75 Å². The van der Waals surface area contributed by atoms with Gasteiger partial charge in [-0.2, -0.15) is 0 Å². The standard InChI is InChI=1S/C23H38N2O5/c1-3-4-5-6-7-8-9-10-11-12-15-30-16-13-14-24-22(26)19-17-20(29-2)21(23(27)28)25-18-19/h17-18H,3-16H2,1-2H3,(H,24,26)(H,27,28). The summed E-state index contributed by atoms with van der Waals surface area (Å²) in [6, 6.07) is 1.38. The van der Waals surface area contributed by atoms with Crippen LogP contribution in [-0.2, 0) is 4.74 Å². The first kappa shape index (κ1) is 25.9. The van der Waals surface area contributed by atoms with Gasteiger partial charge in [-0.05, 0) is 18.9 Å². The van der Waals surface area contributed by atoms with Crippen LogP contribution in [0.3, 0.4) is 0 Å². The molecule has 30 heavy (non-hydrogen) atoms. The summed E-state index contributed by atoms with van der Waals surface area (Å²) in [5.74, 6) is -1.44. The van der Waals surface area contributed by atoms with Gasteiger partial charge < -0.3 is 19.9 Å². The van der Waals surface area contributed by atoms with Gasteiger partial charge in [0.1, 0.15) is 0 Å². The fourth-order valence-corrected chi connectivity index (χ4v) is 3.16. The van der Waals surface area contributed by atoms with Crippen LogP contribution in [0, 0.1) is 0 Å². The molecule has 170 valence electrons. The molecule has 0 saturated heterocycles. The maximum absolute atomic E-state index is 12.1. The van der Waals surface area contributed by atoms with Crippen molar-refractivity contribution in [1.82, 2.24) is 10.3 Å². The number of methoxy groups -OCH3 is 1. The molecular weight excluding hydrogens is 384 g/mol. The lowest BCUT2D eigenvalue weighted by Gasteiger charge is -2.08. The van der Waals surface area contributed by atoms with Crippen molar-refractivity contribution < 1.29 is 24.2 Å². The van der Waals surface area contributed by atoms with Crippen molar-refractivity contribution in [2.45, 2.75) is 77.6 Å². The van der Waals surface area contributed by atoms with E-state index in [1.54, 1.807) is 0 Å². The van der Waals surface area contributed by atoms with Crippen LogP contribution in [0.2, 0.25) is 0 Å². The summed E-state index contributed by atoms with van der Waals surface area (Å²) in [4.78, 5) is 26.9. The summed E-state index contributed by atoms with van der Waals surface area (Å²) >= 11 is 0. The molecule has 7 heteroatoms. The second-order valence-corrected chi connectivity index (χ2v) is 7.48. The molecule has 1 amide bonds. The molecule has 0 aliphatic carbocycles. The third-order valence-electron chi connectivity index (χ3n) is 4.93. The lowest BCUT2D eigenvalue weighted by Crippen LogP contribution is -2.25. The summed E-state index contributed by atoms with van der Waals surface area (Å²) in [5.41, 5.74) is 0.0533. The number of nitrogens with zero attached hydrogens (tertiary/aromatic N) is 1. The van der Waals surface area contributed by atoms with Crippen molar-refractivity contribution in [3.8, 4) is 5.75 Å². The number of carbonyl (C=O) groups excluding carboxylic acids is 1. The van der Waals surface area contributed by atoms with Crippen molar-refractivity contribution in [2.75, 3.05) is 26.9 Å². The third-order valence-corrected chi connectivity index (χ3v) is 4.93. The topological polar surface area (TPSA) is 97.8 Å². The van der Waals surface area contributed by atoms with E-state index < -0.39 is 5.97 Å². The number of hydrogen-bond donors (Lipinski definition) is 2. The predicted octanol–water partition coefficient (Wildman–Crippen LogP) is 4.85. The van der Waals surface area contributed by atoms with Gasteiger partial charge in [-0.1, -0.05) is 64.7 Å². The fraction of sp³-hybridized carbons (Fsp3) is 0.696. The van der Waals surface area contributed by atoms with Gasteiger partial charge in [0.2, 0.25) is 0 Å². The first-order chi connectivity index (χ1) is 14.6. The lowest BCUT2D eigenvalue weighted by molar-refractivity contribution is 0.0685. The molecule has 0 aliphatic rings. The third kappa shape index (κ3) is 11.1. The first-order valence-electron chi connectivity index (χ1n) is 11.2. The lowest BCUT2D eigenvalue weighted by atomic mass is 10.1. The van der Waals surface area contributed by atoms with Gasteiger partial charge in [-0.15, -0.1) is 0 Å². The zero-order valence-corrected chi connectivity index (χ0v) is 18.6. The number of aromatic carboxylic acids is 1. The Morgan fingerprint density at radius 2 is 1.57 bits per heavy atom. The number of carbonyl (C=O) groups is 2. The molecule has 1 aromatic rings. The number of rotatable bonds is 18. The highest BCUT2D eigenvalue weighted by Gasteiger charge is 2.16.